The van der Waals surface area contributed by atoms with Gasteiger partial charge in [-0.3, -0.25) is 4.79 Å². The number of thioether (sulfide) groups is 1. The zero-order valence-electron chi connectivity index (χ0n) is 22.5. The van der Waals surface area contributed by atoms with Gasteiger partial charge in [0, 0.05) is 22.4 Å². The fraction of sp³-hybridized carbons (Fsp3) is 0.161. The number of carboxylic acid groups (broad SMARTS) is 1. The molecule has 0 fully saturated rings. The molecule has 1 unspecified atom stereocenters. The first-order chi connectivity index (χ1) is 19.8. The van der Waals surface area contributed by atoms with Crippen LogP contribution in [0.5, 0.6) is 11.5 Å². The number of pyridine rings is 1. The molecular formula is C31H26ClN3O5S. The van der Waals surface area contributed by atoms with Crippen LogP contribution in [0.2, 0.25) is 5.02 Å². The summed E-state index contributed by atoms with van der Waals surface area (Å²) in [7, 11) is 3.11. The Hall–Kier alpha value is -4.52. The van der Waals surface area contributed by atoms with E-state index in [1.54, 1.807) is 32.4 Å². The lowest BCUT2D eigenvalue weighted by molar-refractivity contribution is -0.115. The Morgan fingerprint density at radius 3 is 2.44 bits per heavy atom. The largest absolute Gasteiger partial charge is 0.497 e. The van der Waals surface area contributed by atoms with Crippen molar-refractivity contribution in [2.75, 3.05) is 19.5 Å². The van der Waals surface area contributed by atoms with Gasteiger partial charge in [-0.2, -0.15) is 5.26 Å². The van der Waals surface area contributed by atoms with E-state index in [1.165, 1.54) is 18.2 Å². The molecule has 1 atom stereocenters. The molecule has 1 amide bonds. The zero-order valence-corrected chi connectivity index (χ0v) is 24.0. The molecule has 0 saturated carbocycles. The van der Waals surface area contributed by atoms with E-state index in [4.69, 9.17) is 26.1 Å². The molecule has 2 N–H and O–H groups in total. The van der Waals surface area contributed by atoms with E-state index in [0.717, 1.165) is 17.3 Å². The van der Waals surface area contributed by atoms with E-state index in [0.29, 0.717) is 45.5 Å². The molecule has 1 aromatic heterocycles. The maximum absolute atomic E-state index is 13.3. The van der Waals surface area contributed by atoms with Gasteiger partial charge in [0.2, 0.25) is 5.91 Å². The van der Waals surface area contributed by atoms with Gasteiger partial charge >= 0.3 is 5.97 Å². The second-order valence-corrected chi connectivity index (χ2v) is 10.4. The monoisotopic (exact) mass is 587 g/mol. The topological polar surface area (TPSA) is 122 Å². The Morgan fingerprint density at radius 1 is 1.05 bits per heavy atom. The van der Waals surface area contributed by atoms with Crippen molar-refractivity contribution in [2.24, 2.45) is 0 Å². The van der Waals surface area contributed by atoms with Crippen molar-refractivity contribution in [1.29, 1.82) is 5.26 Å². The van der Waals surface area contributed by atoms with Gasteiger partial charge in [-0.25, -0.2) is 9.78 Å². The number of hydrogen-bond acceptors (Lipinski definition) is 7. The Bertz CT molecular complexity index is 1640. The number of amides is 1. The Morgan fingerprint density at radius 2 is 1.80 bits per heavy atom. The number of aromatic carboxylic acids is 1. The molecule has 8 nitrogen and oxygen atoms in total. The lowest BCUT2D eigenvalue weighted by Crippen LogP contribution is -2.25. The molecule has 0 bridgehead atoms. The minimum absolute atomic E-state index is 0.0676. The van der Waals surface area contributed by atoms with Gasteiger partial charge in [-0.05, 0) is 48.9 Å². The summed E-state index contributed by atoms with van der Waals surface area (Å²) in [6.07, 6.45) is 0.413. The highest BCUT2D eigenvalue weighted by molar-refractivity contribution is 8.00. The summed E-state index contributed by atoms with van der Waals surface area (Å²) in [6.45, 7) is 1.85. The maximum Gasteiger partial charge on any atom is 0.337 e. The molecule has 4 aromatic rings. The number of anilines is 1. The van der Waals surface area contributed by atoms with Gasteiger partial charge in [0.1, 0.15) is 22.6 Å². The normalized spacial score (nSPS) is 11.3. The van der Waals surface area contributed by atoms with Crippen LogP contribution in [0.25, 0.3) is 22.4 Å². The van der Waals surface area contributed by atoms with Crippen LogP contribution in [0.3, 0.4) is 0 Å². The quantitative estimate of drug-likeness (QED) is 0.187. The summed E-state index contributed by atoms with van der Waals surface area (Å²) < 4.78 is 11.1. The van der Waals surface area contributed by atoms with E-state index in [1.807, 2.05) is 43.3 Å². The number of carbonyl (C=O) groups is 2. The van der Waals surface area contributed by atoms with Crippen LogP contribution < -0.4 is 14.8 Å². The van der Waals surface area contributed by atoms with Crippen molar-refractivity contribution >= 4 is 40.9 Å². The smallest absolute Gasteiger partial charge is 0.337 e. The van der Waals surface area contributed by atoms with Crippen molar-refractivity contribution in [3.8, 4) is 40.0 Å². The van der Waals surface area contributed by atoms with Crippen LogP contribution >= 0.6 is 23.4 Å². The van der Waals surface area contributed by atoms with Crippen molar-refractivity contribution in [2.45, 2.75) is 23.6 Å². The lowest BCUT2D eigenvalue weighted by Gasteiger charge is -2.19. The van der Waals surface area contributed by atoms with Gasteiger partial charge in [-0.1, -0.05) is 60.6 Å². The van der Waals surface area contributed by atoms with E-state index in [2.05, 4.69) is 11.4 Å². The molecule has 0 saturated heterocycles. The number of rotatable bonds is 10. The Kier molecular flexibility index (Phi) is 9.50. The third-order valence-electron chi connectivity index (χ3n) is 6.25. The maximum atomic E-state index is 13.3. The fourth-order valence-electron chi connectivity index (χ4n) is 4.16. The summed E-state index contributed by atoms with van der Waals surface area (Å²) in [4.78, 5) is 29.7. The number of methoxy groups -OCH3 is 2. The van der Waals surface area contributed by atoms with Gasteiger partial charge in [0.05, 0.1) is 41.3 Å². The number of nitrogens with zero attached hydrogens (tertiary/aromatic N) is 2. The van der Waals surface area contributed by atoms with Crippen LogP contribution in [0.4, 0.5) is 5.69 Å². The summed E-state index contributed by atoms with van der Waals surface area (Å²) in [5.41, 5.74) is 3.14. The molecule has 10 heteroatoms. The number of nitrogens with one attached hydrogen (secondary N) is 1. The SMILES string of the molecule is CCC(Sc1nc(-c2ccccc2)cc(-c2cc(OC)ccc2OC)c1C#N)C(=O)Nc1ccc(Cl)c(C(=O)O)c1. The molecule has 0 radical (unpaired) electrons. The number of ether oxygens (including phenoxy) is 2. The highest BCUT2D eigenvalue weighted by Gasteiger charge is 2.25. The molecule has 3 aromatic carbocycles. The Labute approximate surface area is 246 Å². The summed E-state index contributed by atoms with van der Waals surface area (Å²) in [5.74, 6) is -0.433. The van der Waals surface area contributed by atoms with Crippen molar-refractivity contribution in [1.82, 2.24) is 4.98 Å². The van der Waals surface area contributed by atoms with Crippen molar-refractivity contribution in [3.05, 3.63) is 88.9 Å². The van der Waals surface area contributed by atoms with Crippen molar-refractivity contribution in [3.63, 3.8) is 0 Å². The predicted octanol–water partition coefficient (Wildman–Crippen LogP) is 7.17. The van der Waals surface area contributed by atoms with Crippen LogP contribution in [0.15, 0.2) is 77.8 Å². The number of carboxylic acids is 1. The van der Waals surface area contributed by atoms with E-state index < -0.39 is 11.2 Å². The highest BCUT2D eigenvalue weighted by atomic mass is 35.5. The first-order valence-electron chi connectivity index (χ1n) is 12.5. The number of nitriles is 1. The molecule has 0 aliphatic carbocycles. The molecule has 208 valence electrons. The molecule has 1 heterocycles. The second kappa shape index (κ2) is 13.2. The van der Waals surface area contributed by atoms with Gasteiger partial charge in [0.15, 0.2) is 0 Å². The summed E-state index contributed by atoms with van der Waals surface area (Å²) >= 11 is 7.14. The number of hydrogen-bond donors (Lipinski definition) is 2. The molecular weight excluding hydrogens is 562 g/mol. The predicted molar refractivity (Wildman–Crippen MR) is 160 cm³/mol. The number of halogens is 1. The van der Waals surface area contributed by atoms with Crippen LogP contribution in [0, 0.1) is 11.3 Å². The van der Waals surface area contributed by atoms with Crippen molar-refractivity contribution < 1.29 is 24.2 Å². The fourth-order valence-corrected chi connectivity index (χ4v) is 5.38. The van der Waals surface area contributed by atoms with Gasteiger partial charge < -0.3 is 19.9 Å². The number of carbonyl (C=O) groups excluding carboxylic acids is 1. The minimum Gasteiger partial charge on any atom is -0.497 e. The molecule has 0 aliphatic heterocycles. The molecule has 0 aliphatic rings. The minimum atomic E-state index is -1.20. The lowest BCUT2D eigenvalue weighted by atomic mass is 9.98. The highest BCUT2D eigenvalue weighted by Crippen LogP contribution is 2.41. The average molecular weight is 588 g/mol. The molecule has 0 spiro atoms. The van der Waals surface area contributed by atoms with Crippen LogP contribution in [-0.4, -0.2) is 41.4 Å². The van der Waals surface area contributed by atoms with E-state index in [9.17, 15) is 20.0 Å². The average Bonchev–Trinajstić information content (AvgIpc) is 3.00. The van der Waals surface area contributed by atoms with Crippen LogP contribution in [-0.2, 0) is 4.79 Å². The first kappa shape index (κ1) is 29.5. The molecule has 41 heavy (non-hydrogen) atoms. The standard InChI is InChI=1S/C31H26ClN3O5S/c1-4-28(29(36)34-19-10-12-25(32)23(14-19)31(37)38)41-30-24(17-33)21(16-26(35-30)18-8-6-5-7-9-18)22-15-20(39-2)11-13-27(22)40-3/h5-16,28H,4H2,1-3H3,(H,34,36)(H,37,38). The summed E-state index contributed by atoms with van der Waals surface area (Å²) in [6, 6.07) is 23.2. The third kappa shape index (κ3) is 6.62. The van der Waals surface area contributed by atoms with E-state index in [-0.39, 0.29) is 22.1 Å². The van der Waals surface area contributed by atoms with E-state index >= 15 is 0 Å². The van der Waals surface area contributed by atoms with Gasteiger partial charge in [0.25, 0.3) is 0 Å². The number of benzene rings is 3. The van der Waals surface area contributed by atoms with Crippen LogP contribution in [0.1, 0.15) is 29.3 Å². The first-order valence-corrected chi connectivity index (χ1v) is 13.8. The zero-order chi connectivity index (χ0) is 29.5. The number of aromatic nitrogens is 1. The van der Waals surface area contributed by atoms with Gasteiger partial charge in [-0.15, -0.1) is 0 Å². The third-order valence-corrected chi connectivity index (χ3v) is 7.93. The molecule has 4 rings (SSSR count). The second-order valence-electron chi connectivity index (χ2n) is 8.78. The Balaban J connectivity index is 1.80. The summed E-state index contributed by atoms with van der Waals surface area (Å²) in [5, 5.41) is 22.3.